The Morgan fingerprint density at radius 1 is 1.36 bits per heavy atom. The van der Waals surface area contributed by atoms with E-state index in [4.69, 9.17) is 0 Å². The van der Waals surface area contributed by atoms with Gasteiger partial charge in [-0.2, -0.15) is 18.3 Å². The minimum absolute atomic E-state index is 0.0970. The summed E-state index contributed by atoms with van der Waals surface area (Å²) >= 11 is 0. The van der Waals surface area contributed by atoms with Crippen molar-refractivity contribution in [3.63, 3.8) is 0 Å². The first-order chi connectivity index (χ1) is 15.6. The van der Waals surface area contributed by atoms with Crippen LogP contribution in [0.25, 0.3) is 5.65 Å². The average Bonchev–Trinajstić information content (AvgIpc) is 3.17. The molecule has 0 aromatic carbocycles. The van der Waals surface area contributed by atoms with Gasteiger partial charge in [-0.1, -0.05) is 38.0 Å². The lowest BCUT2D eigenvalue weighted by atomic mass is 9.91. The van der Waals surface area contributed by atoms with Crippen molar-refractivity contribution in [2.24, 2.45) is 11.8 Å². The molecule has 172 valence electrons. The number of carbonyl (C=O) groups is 1. The molecule has 1 amide bonds. The fraction of sp³-hybridized carbons (Fsp3) is 0.320. The summed E-state index contributed by atoms with van der Waals surface area (Å²) in [5.41, 5.74) is 1.85. The molecule has 8 heteroatoms. The van der Waals surface area contributed by atoms with Gasteiger partial charge in [0.25, 0.3) is 5.91 Å². The van der Waals surface area contributed by atoms with Crippen molar-refractivity contribution < 1.29 is 18.0 Å². The van der Waals surface area contributed by atoms with Crippen LogP contribution in [-0.4, -0.2) is 26.7 Å². The number of alkyl halides is 3. The fourth-order valence-corrected chi connectivity index (χ4v) is 3.38. The quantitative estimate of drug-likeness (QED) is 0.514. The van der Waals surface area contributed by atoms with Crippen molar-refractivity contribution in [1.82, 2.24) is 19.9 Å². The number of carbonyl (C=O) groups excluding carboxylic acids is 1. The summed E-state index contributed by atoms with van der Waals surface area (Å²) in [6.07, 6.45) is 5.52. The first kappa shape index (κ1) is 24.1. The molecule has 0 saturated heterocycles. The molecular weight excluding hydrogens is 429 g/mol. The van der Waals surface area contributed by atoms with Gasteiger partial charge in [-0.3, -0.25) is 4.79 Å². The topological polar surface area (TPSA) is 59.3 Å². The lowest BCUT2D eigenvalue weighted by Gasteiger charge is -2.19. The normalized spacial score (nSPS) is 17.4. The molecule has 0 spiro atoms. The van der Waals surface area contributed by atoms with Gasteiger partial charge < -0.3 is 5.32 Å². The van der Waals surface area contributed by atoms with Crippen LogP contribution in [0.15, 0.2) is 71.2 Å². The molecule has 2 heterocycles. The van der Waals surface area contributed by atoms with Crippen LogP contribution in [0.1, 0.15) is 39.8 Å². The van der Waals surface area contributed by atoms with Crippen molar-refractivity contribution in [2.75, 3.05) is 0 Å². The second kappa shape index (κ2) is 9.90. The molecule has 1 unspecified atom stereocenters. The standard InChI is InChI=1S/C25H25F3N4O/c1-5-19(14-22(16(2)3)25(26,27)28)31-24(33)21-13-18(9-8-17(21)4)10-11-20-15-29-23-7-6-12-30-32(20)23/h5-8,12-16,18H,9H2,1-4H3,(H,31,33)/b19-5?,22-14+. The summed E-state index contributed by atoms with van der Waals surface area (Å²) in [6.45, 7) is 6.31. The van der Waals surface area contributed by atoms with E-state index in [-0.39, 0.29) is 11.6 Å². The summed E-state index contributed by atoms with van der Waals surface area (Å²) < 4.78 is 41.6. The van der Waals surface area contributed by atoms with E-state index in [1.54, 1.807) is 42.9 Å². The lowest BCUT2D eigenvalue weighted by molar-refractivity contribution is -0.116. The predicted molar refractivity (Wildman–Crippen MR) is 121 cm³/mol. The Morgan fingerprint density at radius 3 is 2.79 bits per heavy atom. The zero-order chi connectivity index (χ0) is 24.2. The number of hydrogen-bond donors (Lipinski definition) is 1. The van der Waals surface area contributed by atoms with Gasteiger partial charge in [-0.05, 0) is 55.9 Å². The minimum atomic E-state index is -4.47. The average molecular weight is 454 g/mol. The number of imidazole rings is 1. The maximum absolute atomic E-state index is 13.3. The Labute approximate surface area is 190 Å². The number of aromatic nitrogens is 3. The van der Waals surface area contributed by atoms with Crippen LogP contribution < -0.4 is 5.32 Å². The van der Waals surface area contributed by atoms with E-state index in [0.29, 0.717) is 23.3 Å². The van der Waals surface area contributed by atoms with Crippen LogP contribution in [-0.2, 0) is 4.79 Å². The molecule has 2 aromatic rings. The Bertz CT molecular complexity index is 1230. The Balaban J connectivity index is 1.81. The molecule has 0 fully saturated rings. The van der Waals surface area contributed by atoms with Crippen molar-refractivity contribution in [1.29, 1.82) is 0 Å². The number of hydrogen-bond acceptors (Lipinski definition) is 3. The van der Waals surface area contributed by atoms with Gasteiger partial charge in [0.1, 0.15) is 5.69 Å². The van der Waals surface area contributed by atoms with E-state index in [1.165, 1.54) is 19.9 Å². The zero-order valence-electron chi connectivity index (χ0n) is 18.9. The Hall–Kier alpha value is -3.60. The molecule has 1 aliphatic carbocycles. The monoisotopic (exact) mass is 454 g/mol. The number of halogens is 3. The number of rotatable bonds is 4. The molecule has 1 N–H and O–H groups in total. The van der Waals surface area contributed by atoms with Crippen molar-refractivity contribution >= 4 is 11.6 Å². The Kier molecular flexibility index (Phi) is 7.22. The second-order valence-electron chi connectivity index (χ2n) is 7.97. The third-order valence-electron chi connectivity index (χ3n) is 5.21. The van der Waals surface area contributed by atoms with Gasteiger partial charge in [-0.25, -0.2) is 9.50 Å². The van der Waals surface area contributed by atoms with E-state index in [0.717, 1.165) is 11.6 Å². The molecule has 0 bridgehead atoms. The van der Waals surface area contributed by atoms with Gasteiger partial charge >= 0.3 is 6.18 Å². The van der Waals surface area contributed by atoms with E-state index >= 15 is 0 Å². The largest absolute Gasteiger partial charge is 0.413 e. The molecule has 0 aliphatic heterocycles. The summed E-state index contributed by atoms with van der Waals surface area (Å²) in [7, 11) is 0. The lowest BCUT2D eigenvalue weighted by Crippen LogP contribution is -2.27. The number of nitrogens with zero attached hydrogens (tertiary/aromatic N) is 3. The van der Waals surface area contributed by atoms with Gasteiger partial charge in [0.2, 0.25) is 0 Å². The molecule has 5 nitrogen and oxygen atoms in total. The van der Waals surface area contributed by atoms with Crippen molar-refractivity contribution in [3.05, 3.63) is 76.9 Å². The van der Waals surface area contributed by atoms with Crippen LogP contribution in [0.5, 0.6) is 0 Å². The second-order valence-corrected chi connectivity index (χ2v) is 7.97. The smallest absolute Gasteiger partial charge is 0.322 e. The van der Waals surface area contributed by atoms with Gasteiger partial charge in [0, 0.05) is 29.0 Å². The molecule has 0 radical (unpaired) electrons. The van der Waals surface area contributed by atoms with E-state index < -0.39 is 23.6 Å². The third kappa shape index (κ3) is 5.80. The van der Waals surface area contributed by atoms with E-state index in [9.17, 15) is 18.0 Å². The summed E-state index contributed by atoms with van der Waals surface area (Å²) in [5, 5.41) is 6.83. The molecular formula is C25H25F3N4O. The summed E-state index contributed by atoms with van der Waals surface area (Å²) in [4.78, 5) is 17.1. The summed E-state index contributed by atoms with van der Waals surface area (Å²) in [6, 6.07) is 3.61. The van der Waals surface area contributed by atoms with Gasteiger partial charge in [0.15, 0.2) is 5.65 Å². The Morgan fingerprint density at radius 2 is 2.12 bits per heavy atom. The van der Waals surface area contributed by atoms with Gasteiger partial charge in [0.05, 0.1) is 6.20 Å². The highest BCUT2D eigenvalue weighted by Crippen LogP contribution is 2.32. The molecule has 33 heavy (non-hydrogen) atoms. The summed E-state index contributed by atoms with van der Waals surface area (Å²) in [5.74, 6) is 4.75. The molecule has 0 saturated carbocycles. The maximum Gasteiger partial charge on any atom is 0.413 e. The SMILES string of the molecule is CC=C(/C=C(\C(C)C)C(F)(F)F)NC(=O)C1=CC(C#Cc2cnc3cccnn23)CC=C1C. The first-order valence-electron chi connectivity index (χ1n) is 10.6. The van der Waals surface area contributed by atoms with Crippen molar-refractivity contribution in [2.45, 2.75) is 40.3 Å². The molecule has 3 rings (SSSR count). The number of amides is 1. The fourth-order valence-electron chi connectivity index (χ4n) is 3.38. The van der Waals surface area contributed by atoms with Crippen LogP contribution in [0.3, 0.4) is 0 Å². The van der Waals surface area contributed by atoms with Crippen LogP contribution in [0, 0.1) is 23.7 Å². The maximum atomic E-state index is 13.3. The van der Waals surface area contributed by atoms with Crippen LogP contribution in [0.4, 0.5) is 13.2 Å². The minimum Gasteiger partial charge on any atom is -0.322 e. The van der Waals surface area contributed by atoms with E-state index in [2.05, 4.69) is 27.2 Å². The van der Waals surface area contributed by atoms with Crippen molar-refractivity contribution in [3.8, 4) is 11.8 Å². The van der Waals surface area contributed by atoms with Crippen LogP contribution >= 0.6 is 0 Å². The highest BCUT2D eigenvalue weighted by Gasteiger charge is 2.35. The zero-order valence-corrected chi connectivity index (χ0v) is 18.9. The van der Waals surface area contributed by atoms with Crippen LogP contribution in [0.2, 0.25) is 0 Å². The molecule has 2 aromatic heterocycles. The predicted octanol–water partition coefficient (Wildman–Crippen LogP) is 5.14. The highest BCUT2D eigenvalue weighted by atomic mass is 19.4. The number of fused-ring (bicyclic) bond motifs is 1. The molecule has 1 atom stereocenters. The van der Waals surface area contributed by atoms with Gasteiger partial charge in [-0.15, -0.1) is 0 Å². The first-order valence-corrected chi connectivity index (χ1v) is 10.6. The number of nitrogens with one attached hydrogen (secondary N) is 1. The molecule has 1 aliphatic rings. The third-order valence-corrected chi connectivity index (χ3v) is 5.21. The highest BCUT2D eigenvalue weighted by molar-refractivity contribution is 5.99. The van der Waals surface area contributed by atoms with E-state index in [1.807, 2.05) is 12.1 Å². The number of allylic oxidation sites excluding steroid dienone is 5.